The van der Waals surface area contributed by atoms with Crippen molar-refractivity contribution in [1.82, 2.24) is 4.90 Å². The van der Waals surface area contributed by atoms with Crippen LogP contribution >= 0.6 is 0 Å². The summed E-state index contributed by atoms with van der Waals surface area (Å²) in [5, 5.41) is 11.1. The lowest BCUT2D eigenvalue weighted by Crippen LogP contribution is -2.42. The van der Waals surface area contributed by atoms with Crippen molar-refractivity contribution in [2.24, 2.45) is 5.92 Å². The zero-order valence-corrected chi connectivity index (χ0v) is 11.8. The Bertz CT molecular complexity index is 516. The Morgan fingerprint density at radius 2 is 2.10 bits per heavy atom. The number of nitro groups is 1. The molecule has 0 radical (unpaired) electrons. The third kappa shape index (κ3) is 2.89. The molecule has 2 rings (SSSR count). The van der Waals surface area contributed by atoms with E-state index in [0.29, 0.717) is 12.2 Å². The van der Waals surface area contributed by atoms with Crippen molar-refractivity contribution in [3.63, 3.8) is 0 Å². The van der Waals surface area contributed by atoms with Gasteiger partial charge in [-0.05, 0) is 18.9 Å². The Morgan fingerprint density at radius 3 is 2.75 bits per heavy atom. The lowest BCUT2D eigenvalue weighted by Gasteiger charge is -2.34. The van der Waals surface area contributed by atoms with Gasteiger partial charge >= 0.3 is 0 Å². The highest BCUT2D eigenvalue weighted by atomic mass is 16.6. The van der Waals surface area contributed by atoms with Gasteiger partial charge in [0.15, 0.2) is 0 Å². The molecule has 108 valence electrons. The van der Waals surface area contributed by atoms with Crippen LogP contribution < -0.4 is 4.90 Å². The molecule has 0 aliphatic carbocycles. The highest BCUT2D eigenvalue weighted by molar-refractivity contribution is 5.79. The monoisotopic (exact) mass is 277 g/mol. The fourth-order valence-corrected chi connectivity index (χ4v) is 2.65. The highest BCUT2D eigenvalue weighted by Crippen LogP contribution is 2.31. The van der Waals surface area contributed by atoms with Crippen molar-refractivity contribution in [1.29, 1.82) is 0 Å². The zero-order valence-electron chi connectivity index (χ0n) is 11.8. The van der Waals surface area contributed by atoms with Crippen molar-refractivity contribution < 1.29 is 9.72 Å². The Kier molecular flexibility index (Phi) is 4.22. The minimum atomic E-state index is -0.368. The Morgan fingerprint density at radius 1 is 1.40 bits per heavy atom. The van der Waals surface area contributed by atoms with Gasteiger partial charge in [-0.1, -0.05) is 12.1 Å². The summed E-state index contributed by atoms with van der Waals surface area (Å²) in [7, 11) is 3.48. The third-order valence-electron chi connectivity index (χ3n) is 3.63. The van der Waals surface area contributed by atoms with Crippen LogP contribution in [0.4, 0.5) is 11.4 Å². The number of para-hydroxylation sites is 2. The summed E-state index contributed by atoms with van der Waals surface area (Å²) in [6.45, 7) is 1.30. The summed E-state index contributed by atoms with van der Waals surface area (Å²) in [5.74, 6) is 0.00634. The quantitative estimate of drug-likeness (QED) is 0.625. The van der Waals surface area contributed by atoms with Gasteiger partial charge < -0.3 is 9.80 Å². The van der Waals surface area contributed by atoms with Crippen molar-refractivity contribution >= 4 is 17.3 Å². The van der Waals surface area contributed by atoms with Crippen LogP contribution in [0.5, 0.6) is 0 Å². The van der Waals surface area contributed by atoms with Crippen LogP contribution in [0.15, 0.2) is 24.3 Å². The van der Waals surface area contributed by atoms with Gasteiger partial charge in [-0.2, -0.15) is 0 Å². The molecule has 0 spiro atoms. The second kappa shape index (κ2) is 5.90. The molecule has 1 saturated heterocycles. The fourth-order valence-electron chi connectivity index (χ4n) is 2.65. The lowest BCUT2D eigenvalue weighted by atomic mass is 9.96. The second-order valence-electron chi connectivity index (χ2n) is 5.26. The normalized spacial score (nSPS) is 18.7. The molecule has 1 aromatic carbocycles. The van der Waals surface area contributed by atoms with Gasteiger partial charge in [-0.25, -0.2) is 0 Å². The van der Waals surface area contributed by atoms with Crippen molar-refractivity contribution in [2.75, 3.05) is 32.1 Å². The number of benzene rings is 1. The molecule has 1 fully saturated rings. The van der Waals surface area contributed by atoms with E-state index < -0.39 is 0 Å². The molecule has 0 saturated carbocycles. The average molecular weight is 277 g/mol. The zero-order chi connectivity index (χ0) is 14.7. The molecule has 1 atom stereocenters. The lowest BCUT2D eigenvalue weighted by molar-refractivity contribution is -0.384. The molecule has 1 heterocycles. The number of nitro benzene ring substituents is 1. The van der Waals surface area contributed by atoms with Gasteiger partial charge in [0.1, 0.15) is 5.69 Å². The SMILES string of the molecule is CN(C)C(=O)C1CCCN(c2ccccc2[N+](=O)[O-])C1. The Hall–Kier alpha value is -2.11. The van der Waals surface area contributed by atoms with E-state index in [2.05, 4.69) is 0 Å². The van der Waals surface area contributed by atoms with Crippen LogP contribution in [0.1, 0.15) is 12.8 Å². The van der Waals surface area contributed by atoms with E-state index >= 15 is 0 Å². The first-order valence-electron chi connectivity index (χ1n) is 6.70. The van der Waals surface area contributed by atoms with E-state index in [0.717, 1.165) is 19.4 Å². The molecule has 20 heavy (non-hydrogen) atoms. The summed E-state index contributed by atoms with van der Waals surface area (Å²) >= 11 is 0. The molecule has 0 bridgehead atoms. The van der Waals surface area contributed by atoms with Gasteiger partial charge in [0.2, 0.25) is 5.91 Å². The number of piperidine rings is 1. The molecule has 1 aliphatic heterocycles. The molecule has 0 N–H and O–H groups in total. The molecule has 1 aromatic rings. The van der Waals surface area contributed by atoms with E-state index in [-0.39, 0.29) is 22.4 Å². The first-order valence-corrected chi connectivity index (χ1v) is 6.70. The predicted molar refractivity (Wildman–Crippen MR) is 76.7 cm³/mol. The number of amides is 1. The van der Waals surface area contributed by atoms with E-state index in [1.807, 2.05) is 4.90 Å². The minimum absolute atomic E-state index is 0.0847. The topological polar surface area (TPSA) is 66.7 Å². The fraction of sp³-hybridized carbons (Fsp3) is 0.500. The summed E-state index contributed by atoms with van der Waals surface area (Å²) in [5.41, 5.74) is 0.708. The van der Waals surface area contributed by atoms with E-state index in [1.54, 1.807) is 37.2 Å². The van der Waals surface area contributed by atoms with Crippen molar-refractivity contribution in [2.45, 2.75) is 12.8 Å². The summed E-state index contributed by atoms with van der Waals surface area (Å²) in [6.07, 6.45) is 1.71. The molecule has 6 heteroatoms. The largest absolute Gasteiger partial charge is 0.365 e. The molecule has 0 aromatic heterocycles. The van der Waals surface area contributed by atoms with Gasteiger partial charge in [0, 0.05) is 33.3 Å². The van der Waals surface area contributed by atoms with Crippen molar-refractivity contribution in [3.8, 4) is 0 Å². The highest BCUT2D eigenvalue weighted by Gasteiger charge is 2.29. The number of rotatable bonds is 3. The minimum Gasteiger partial charge on any atom is -0.365 e. The average Bonchev–Trinajstić information content (AvgIpc) is 2.46. The standard InChI is InChI=1S/C14H19N3O3/c1-15(2)14(18)11-6-5-9-16(10-11)12-7-3-4-8-13(12)17(19)20/h3-4,7-8,11H,5-6,9-10H2,1-2H3. The van der Waals surface area contributed by atoms with Gasteiger partial charge in [0.05, 0.1) is 10.8 Å². The second-order valence-corrected chi connectivity index (χ2v) is 5.26. The number of nitrogens with zero attached hydrogens (tertiary/aromatic N) is 3. The molecule has 1 aliphatic rings. The summed E-state index contributed by atoms with van der Waals surface area (Å²) in [6, 6.07) is 6.71. The molecule has 1 amide bonds. The van der Waals surface area contributed by atoms with Crippen LogP contribution in [0.25, 0.3) is 0 Å². The van der Waals surface area contributed by atoms with E-state index in [4.69, 9.17) is 0 Å². The van der Waals surface area contributed by atoms with Gasteiger partial charge in [-0.3, -0.25) is 14.9 Å². The maximum absolute atomic E-state index is 12.1. The maximum atomic E-state index is 12.1. The number of carbonyl (C=O) groups excluding carboxylic acids is 1. The molecule has 1 unspecified atom stereocenters. The molecular weight excluding hydrogens is 258 g/mol. The maximum Gasteiger partial charge on any atom is 0.292 e. The Balaban J connectivity index is 2.21. The van der Waals surface area contributed by atoms with Crippen LogP contribution in [0.3, 0.4) is 0 Å². The first kappa shape index (κ1) is 14.3. The molecule has 6 nitrogen and oxygen atoms in total. The van der Waals surface area contributed by atoms with Crippen LogP contribution in [-0.4, -0.2) is 42.9 Å². The van der Waals surface area contributed by atoms with E-state index in [1.165, 1.54) is 6.07 Å². The number of hydrogen-bond donors (Lipinski definition) is 0. The van der Waals surface area contributed by atoms with Crippen LogP contribution in [-0.2, 0) is 4.79 Å². The first-order chi connectivity index (χ1) is 9.50. The number of carbonyl (C=O) groups is 1. The number of hydrogen-bond acceptors (Lipinski definition) is 4. The summed E-state index contributed by atoms with van der Waals surface area (Å²) < 4.78 is 0. The third-order valence-corrected chi connectivity index (χ3v) is 3.63. The molecular formula is C14H19N3O3. The smallest absolute Gasteiger partial charge is 0.292 e. The predicted octanol–water partition coefficient (Wildman–Crippen LogP) is 1.90. The Labute approximate surface area is 118 Å². The van der Waals surface area contributed by atoms with E-state index in [9.17, 15) is 14.9 Å². The number of anilines is 1. The van der Waals surface area contributed by atoms with Gasteiger partial charge in [0.25, 0.3) is 5.69 Å². The summed E-state index contributed by atoms with van der Waals surface area (Å²) in [4.78, 5) is 26.3. The van der Waals surface area contributed by atoms with Crippen molar-refractivity contribution in [3.05, 3.63) is 34.4 Å². The van der Waals surface area contributed by atoms with Crippen LogP contribution in [0, 0.1) is 16.0 Å². The van der Waals surface area contributed by atoms with Crippen LogP contribution in [0.2, 0.25) is 0 Å². The van der Waals surface area contributed by atoms with Gasteiger partial charge in [-0.15, -0.1) is 0 Å².